The quantitative estimate of drug-likeness (QED) is 0.727. The van der Waals surface area contributed by atoms with Gasteiger partial charge in [0.25, 0.3) is 11.8 Å². The number of aryl methyl sites for hydroxylation is 1. The van der Waals surface area contributed by atoms with Crippen LogP contribution in [0.15, 0.2) is 48.5 Å². The molecule has 4 rings (SSSR count). The third-order valence-corrected chi connectivity index (χ3v) is 7.53. The molecule has 0 bridgehead atoms. The summed E-state index contributed by atoms with van der Waals surface area (Å²) in [6.07, 6.45) is 1.60. The number of likely N-dealkylation sites (tertiary alicyclic amines) is 1. The van der Waals surface area contributed by atoms with Gasteiger partial charge in [-0.15, -0.1) is 11.8 Å². The largest absolute Gasteiger partial charge is 0.338 e. The lowest BCUT2D eigenvalue weighted by Crippen LogP contribution is -2.53. The van der Waals surface area contributed by atoms with Gasteiger partial charge in [0.05, 0.1) is 4.87 Å². The maximum absolute atomic E-state index is 13.1. The Morgan fingerprint density at radius 3 is 2.32 bits per heavy atom. The summed E-state index contributed by atoms with van der Waals surface area (Å²) in [5.74, 6) is 1.08. The van der Waals surface area contributed by atoms with Crippen molar-refractivity contribution in [2.45, 2.75) is 24.6 Å². The molecule has 2 heterocycles. The zero-order valence-corrected chi connectivity index (χ0v) is 17.4. The lowest BCUT2D eigenvalue weighted by Gasteiger charge is -2.44. The highest BCUT2D eigenvalue weighted by Crippen LogP contribution is 2.44. The van der Waals surface area contributed by atoms with Crippen molar-refractivity contribution >= 4 is 35.2 Å². The van der Waals surface area contributed by atoms with E-state index >= 15 is 0 Å². The minimum Gasteiger partial charge on any atom is -0.338 e. The lowest BCUT2D eigenvalue weighted by atomic mass is 9.99. The van der Waals surface area contributed by atoms with Crippen LogP contribution in [-0.4, -0.2) is 51.9 Å². The Hall–Kier alpha value is -1.98. The summed E-state index contributed by atoms with van der Waals surface area (Å²) >= 11 is 7.81. The molecule has 6 heteroatoms. The second kappa shape index (κ2) is 7.80. The standard InChI is InChI=1S/C22H23ClN2O2S/c1-16-4-2-3-5-19(16)21(27)24-12-10-22(11-13-24)25(14-15-28-22)20(26)17-6-8-18(23)9-7-17/h2-9H,10-15H2,1H3. The summed E-state index contributed by atoms with van der Waals surface area (Å²) in [6, 6.07) is 14.8. The van der Waals surface area contributed by atoms with Gasteiger partial charge >= 0.3 is 0 Å². The highest BCUT2D eigenvalue weighted by atomic mass is 35.5. The van der Waals surface area contributed by atoms with Gasteiger partial charge in [-0.05, 0) is 55.7 Å². The first kappa shape index (κ1) is 19.3. The molecule has 0 aromatic heterocycles. The SMILES string of the molecule is Cc1ccccc1C(=O)N1CCC2(CC1)SCCN2C(=O)c1ccc(Cl)cc1. The van der Waals surface area contributed by atoms with Gasteiger partial charge < -0.3 is 9.80 Å². The molecule has 2 aliphatic rings. The summed E-state index contributed by atoms with van der Waals surface area (Å²) in [6.45, 7) is 4.06. The number of piperidine rings is 1. The number of amides is 2. The Morgan fingerprint density at radius 1 is 0.964 bits per heavy atom. The number of hydrogen-bond acceptors (Lipinski definition) is 3. The molecule has 2 aliphatic heterocycles. The van der Waals surface area contributed by atoms with E-state index in [1.807, 2.05) is 52.8 Å². The van der Waals surface area contributed by atoms with E-state index in [2.05, 4.69) is 0 Å². The Balaban J connectivity index is 1.48. The summed E-state index contributed by atoms with van der Waals surface area (Å²) in [5.41, 5.74) is 2.44. The number of thioether (sulfide) groups is 1. The third-order valence-electron chi connectivity index (χ3n) is 5.72. The fourth-order valence-corrected chi connectivity index (χ4v) is 5.68. The summed E-state index contributed by atoms with van der Waals surface area (Å²) in [7, 11) is 0. The smallest absolute Gasteiger partial charge is 0.254 e. The molecule has 0 unspecified atom stereocenters. The predicted molar refractivity (Wildman–Crippen MR) is 114 cm³/mol. The molecule has 28 heavy (non-hydrogen) atoms. The molecule has 2 saturated heterocycles. The highest BCUT2D eigenvalue weighted by Gasteiger charge is 2.47. The van der Waals surface area contributed by atoms with Gasteiger partial charge in [-0.25, -0.2) is 0 Å². The van der Waals surface area contributed by atoms with Gasteiger partial charge in [0.2, 0.25) is 0 Å². The molecule has 0 aliphatic carbocycles. The zero-order valence-electron chi connectivity index (χ0n) is 15.9. The molecule has 2 aromatic rings. The van der Waals surface area contributed by atoms with Crippen molar-refractivity contribution in [1.82, 2.24) is 9.80 Å². The maximum atomic E-state index is 13.1. The fraction of sp³-hybridized carbons (Fsp3) is 0.364. The number of rotatable bonds is 2. The first-order valence-corrected chi connectivity index (χ1v) is 10.9. The molecule has 0 N–H and O–H groups in total. The van der Waals surface area contributed by atoms with Gasteiger partial charge in [0, 0.05) is 41.5 Å². The van der Waals surface area contributed by atoms with Crippen LogP contribution in [-0.2, 0) is 0 Å². The van der Waals surface area contributed by atoms with Crippen LogP contribution >= 0.6 is 23.4 Å². The van der Waals surface area contributed by atoms with Crippen LogP contribution in [0.3, 0.4) is 0 Å². The molecule has 146 valence electrons. The Morgan fingerprint density at radius 2 is 1.64 bits per heavy atom. The van der Waals surface area contributed by atoms with Gasteiger partial charge in [-0.3, -0.25) is 9.59 Å². The van der Waals surface area contributed by atoms with Crippen molar-refractivity contribution in [1.29, 1.82) is 0 Å². The summed E-state index contributed by atoms with van der Waals surface area (Å²) in [4.78, 5) is 29.8. The zero-order chi connectivity index (χ0) is 19.7. The van der Waals surface area contributed by atoms with E-state index in [-0.39, 0.29) is 16.7 Å². The van der Waals surface area contributed by atoms with Gasteiger partial charge in [-0.2, -0.15) is 0 Å². The van der Waals surface area contributed by atoms with Crippen molar-refractivity contribution in [3.63, 3.8) is 0 Å². The number of hydrogen-bond donors (Lipinski definition) is 0. The van der Waals surface area contributed by atoms with Crippen LogP contribution in [0, 0.1) is 6.92 Å². The maximum Gasteiger partial charge on any atom is 0.254 e. The van der Waals surface area contributed by atoms with Crippen LogP contribution in [0.25, 0.3) is 0 Å². The van der Waals surface area contributed by atoms with Crippen molar-refractivity contribution < 1.29 is 9.59 Å². The summed E-state index contributed by atoms with van der Waals surface area (Å²) < 4.78 is 0. The molecule has 1 spiro atoms. The van der Waals surface area contributed by atoms with Crippen LogP contribution in [0.1, 0.15) is 39.1 Å². The van der Waals surface area contributed by atoms with E-state index in [1.165, 1.54) is 0 Å². The van der Waals surface area contributed by atoms with Gasteiger partial charge in [-0.1, -0.05) is 29.8 Å². The number of carbonyl (C=O) groups excluding carboxylic acids is 2. The molecular formula is C22H23ClN2O2S. The van der Waals surface area contributed by atoms with E-state index in [1.54, 1.807) is 24.3 Å². The van der Waals surface area contributed by atoms with Crippen LogP contribution in [0.4, 0.5) is 0 Å². The van der Waals surface area contributed by atoms with Crippen molar-refractivity contribution in [2.75, 3.05) is 25.4 Å². The van der Waals surface area contributed by atoms with Crippen molar-refractivity contribution in [3.05, 3.63) is 70.2 Å². The molecule has 2 aromatic carbocycles. The fourth-order valence-electron chi connectivity index (χ4n) is 4.10. The number of carbonyl (C=O) groups is 2. The second-order valence-electron chi connectivity index (χ2n) is 7.37. The Bertz CT molecular complexity index is 892. The molecule has 0 atom stereocenters. The van der Waals surface area contributed by atoms with Gasteiger partial charge in [0.15, 0.2) is 0 Å². The van der Waals surface area contributed by atoms with E-state index in [9.17, 15) is 9.59 Å². The molecule has 2 fully saturated rings. The first-order valence-electron chi connectivity index (χ1n) is 9.57. The van der Waals surface area contributed by atoms with E-state index in [0.29, 0.717) is 23.7 Å². The van der Waals surface area contributed by atoms with Gasteiger partial charge in [0.1, 0.15) is 0 Å². The Kier molecular flexibility index (Phi) is 5.39. The average molecular weight is 415 g/mol. The van der Waals surface area contributed by atoms with Crippen LogP contribution < -0.4 is 0 Å². The molecule has 2 amide bonds. The predicted octanol–water partition coefficient (Wildman–Crippen LogP) is 4.47. The minimum absolute atomic E-state index is 0.0559. The molecule has 0 saturated carbocycles. The average Bonchev–Trinajstić information content (AvgIpc) is 3.11. The molecular weight excluding hydrogens is 392 g/mol. The third kappa shape index (κ3) is 3.53. The van der Waals surface area contributed by atoms with E-state index in [4.69, 9.17) is 11.6 Å². The highest BCUT2D eigenvalue weighted by molar-refractivity contribution is 8.00. The molecule has 4 nitrogen and oxygen atoms in total. The van der Waals surface area contributed by atoms with Crippen LogP contribution in [0.2, 0.25) is 5.02 Å². The van der Waals surface area contributed by atoms with Crippen molar-refractivity contribution in [3.8, 4) is 0 Å². The topological polar surface area (TPSA) is 40.6 Å². The number of nitrogens with zero attached hydrogens (tertiary/aromatic N) is 2. The second-order valence-corrected chi connectivity index (χ2v) is 9.26. The van der Waals surface area contributed by atoms with E-state index < -0.39 is 0 Å². The number of benzene rings is 2. The number of halogens is 1. The first-order chi connectivity index (χ1) is 13.5. The van der Waals surface area contributed by atoms with Crippen molar-refractivity contribution in [2.24, 2.45) is 0 Å². The molecule has 0 radical (unpaired) electrons. The normalized spacial score (nSPS) is 18.5. The van der Waals surface area contributed by atoms with E-state index in [0.717, 1.165) is 36.3 Å². The monoisotopic (exact) mass is 414 g/mol. The van der Waals surface area contributed by atoms with Crippen LogP contribution in [0.5, 0.6) is 0 Å². The Labute approximate surface area is 174 Å². The minimum atomic E-state index is -0.209. The lowest BCUT2D eigenvalue weighted by molar-refractivity contribution is 0.0497. The summed E-state index contributed by atoms with van der Waals surface area (Å²) in [5, 5.41) is 0.630.